The molecule has 0 saturated carbocycles. The van der Waals surface area contributed by atoms with Gasteiger partial charge < -0.3 is 15.2 Å². The van der Waals surface area contributed by atoms with Crippen LogP contribution in [-0.4, -0.2) is 30.2 Å². The van der Waals surface area contributed by atoms with Crippen LogP contribution in [0.15, 0.2) is 17.3 Å². The minimum atomic E-state index is -1.63. The number of carboxylic acids is 1. The highest BCUT2D eigenvalue weighted by atomic mass is 16.5. The Balaban J connectivity index is 2.85. The van der Waals surface area contributed by atoms with Crippen LogP contribution < -0.4 is 5.32 Å². The fourth-order valence-corrected chi connectivity index (χ4v) is 0.705. The highest BCUT2D eigenvalue weighted by molar-refractivity contribution is 5.82. The number of ether oxygens (including phenoxy) is 1. The number of nitrogens with one attached hydrogen (secondary N) is 1. The molecule has 1 heterocycles. The molecule has 0 bridgehead atoms. The summed E-state index contributed by atoms with van der Waals surface area (Å²) in [5.41, 5.74) is 0. The molecular formula is C6H8N2O3. The van der Waals surface area contributed by atoms with Crippen LogP contribution in [0.5, 0.6) is 0 Å². The Morgan fingerprint density at radius 1 is 1.82 bits per heavy atom. The Morgan fingerprint density at radius 3 is 2.82 bits per heavy atom. The average Bonchev–Trinajstić information content (AvgIpc) is 2.05. The molecule has 1 atom stereocenters. The molecule has 5 heteroatoms. The zero-order chi connectivity index (χ0) is 8.32. The molecular weight excluding hydrogens is 148 g/mol. The first-order valence-corrected chi connectivity index (χ1v) is 2.98. The summed E-state index contributed by atoms with van der Waals surface area (Å²) in [6.07, 6.45) is 4.42. The lowest BCUT2D eigenvalue weighted by Gasteiger charge is -2.24. The van der Waals surface area contributed by atoms with Gasteiger partial charge in [-0.25, -0.2) is 9.79 Å². The SMILES string of the molecule is COC1(C(=O)O)N=CC=CN1. The van der Waals surface area contributed by atoms with Crippen molar-refractivity contribution in [3.63, 3.8) is 0 Å². The number of carbonyl (C=O) groups is 1. The quantitative estimate of drug-likeness (QED) is 0.568. The maximum absolute atomic E-state index is 10.6. The molecule has 0 fully saturated rings. The predicted octanol–water partition coefficient (Wildman–Crippen LogP) is -0.441. The number of hydrogen-bond acceptors (Lipinski definition) is 4. The van der Waals surface area contributed by atoms with E-state index in [9.17, 15) is 4.79 Å². The van der Waals surface area contributed by atoms with Crippen molar-refractivity contribution in [1.82, 2.24) is 5.32 Å². The van der Waals surface area contributed by atoms with Crippen molar-refractivity contribution >= 4 is 12.2 Å². The second-order valence-corrected chi connectivity index (χ2v) is 1.93. The van der Waals surface area contributed by atoms with Crippen LogP contribution in [0, 0.1) is 0 Å². The van der Waals surface area contributed by atoms with Crippen LogP contribution in [0.2, 0.25) is 0 Å². The highest BCUT2D eigenvalue weighted by Gasteiger charge is 2.37. The molecule has 0 aliphatic carbocycles. The number of aliphatic carboxylic acids is 1. The molecule has 0 spiro atoms. The third-order valence-electron chi connectivity index (χ3n) is 1.30. The smallest absolute Gasteiger partial charge is 0.382 e. The number of methoxy groups -OCH3 is 1. The van der Waals surface area contributed by atoms with Crippen LogP contribution in [-0.2, 0) is 9.53 Å². The molecule has 0 aromatic rings. The molecule has 11 heavy (non-hydrogen) atoms. The van der Waals surface area contributed by atoms with E-state index in [1.807, 2.05) is 0 Å². The molecule has 2 N–H and O–H groups in total. The van der Waals surface area contributed by atoms with Crippen molar-refractivity contribution in [1.29, 1.82) is 0 Å². The highest BCUT2D eigenvalue weighted by Crippen LogP contribution is 2.09. The van der Waals surface area contributed by atoms with E-state index in [-0.39, 0.29) is 0 Å². The molecule has 0 radical (unpaired) electrons. The molecule has 1 rings (SSSR count). The number of aliphatic imine (C=N–C) groups is 1. The van der Waals surface area contributed by atoms with Crippen molar-refractivity contribution in [2.45, 2.75) is 5.85 Å². The molecule has 1 aliphatic heterocycles. The van der Waals surface area contributed by atoms with Crippen LogP contribution in [0.4, 0.5) is 0 Å². The van der Waals surface area contributed by atoms with Gasteiger partial charge in [-0.15, -0.1) is 0 Å². The Morgan fingerprint density at radius 2 is 2.55 bits per heavy atom. The monoisotopic (exact) mass is 156 g/mol. The van der Waals surface area contributed by atoms with Gasteiger partial charge >= 0.3 is 11.8 Å². The summed E-state index contributed by atoms with van der Waals surface area (Å²) >= 11 is 0. The first kappa shape index (κ1) is 7.74. The van der Waals surface area contributed by atoms with Crippen molar-refractivity contribution in [3.8, 4) is 0 Å². The molecule has 5 nitrogen and oxygen atoms in total. The molecule has 0 aromatic carbocycles. The number of carboxylic acid groups (broad SMARTS) is 1. The van der Waals surface area contributed by atoms with E-state index in [4.69, 9.17) is 5.11 Å². The van der Waals surface area contributed by atoms with Gasteiger partial charge in [0.15, 0.2) is 0 Å². The number of nitrogens with zero attached hydrogens (tertiary/aromatic N) is 1. The van der Waals surface area contributed by atoms with Gasteiger partial charge in [-0.2, -0.15) is 0 Å². The Kier molecular flexibility index (Phi) is 1.91. The number of allylic oxidation sites excluding steroid dienone is 1. The summed E-state index contributed by atoms with van der Waals surface area (Å²) in [7, 11) is 1.28. The molecule has 0 saturated heterocycles. The lowest BCUT2D eigenvalue weighted by atomic mass is 10.4. The van der Waals surface area contributed by atoms with Gasteiger partial charge in [-0.1, -0.05) is 0 Å². The van der Waals surface area contributed by atoms with Gasteiger partial charge in [-0.3, -0.25) is 0 Å². The van der Waals surface area contributed by atoms with Crippen LogP contribution >= 0.6 is 0 Å². The lowest BCUT2D eigenvalue weighted by molar-refractivity contribution is -0.164. The fraction of sp³-hybridized carbons (Fsp3) is 0.333. The molecule has 1 unspecified atom stereocenters. The second-order valence-electron chi connectivity index (χ2n) is 1.93. The van der Waals surface area contributed by atoms with Gasteiger partial charge in [0, 0.05) is 19.5 Å². The van der Waals surface area contributed by atoms with E-state index in [1.165, 1.54) is 19.5 Å². The van der Waals surface area contributed by atoms with E-state index in [0.717, 1.165) is 0 Å². The summed E-state index contributed by atoms with van der Waals surface area (Å²) in [4.78, 5) is 14.2. The van der Waals surface area contributed by atoms with E-state index >= 15 is 0 Å². The largest absolute Gasteiger partial charge is 0.476 e. The molecule has 60 valence electrons. The summed E-state index contributed by atoms with van der Waals surface area (Å²) in [6, 6.07) is 0. The number of hydrogen-bond donors (Lipinski definition) is 2. The van der Waals surface area contributed by atoms with Gasteiger partial charge in [0.2, 0.25) is 0 Å². The van der Waals surface area contributed by atoms with E-state index in [2.05, 4.69) is 15.0 Å². The molecule has 0 amide bonds. The number of rotatable bonds is 2. The zero-order valence-corrected chi connectivity index (χ0v) is 5.94. The normalized spacial score (nSPS) is 28.1. The van der Waals surface area contributed by atoms with Gasteiger partial charge in [-0.05, 0) is 6.08 Å². The third-order valence-corrected chi connectivity index (χ3v) is 1.30. The predicted molar refractivity (Wildman–Crippen MR) is 38.1 cm³/mol. The van der Waals surface area contributed by atoms with Crippen molar-refractivity contribution < 1.29 is 14.6 Å². The zero-order valence-electron chi connectivity index (χ0n) is 5.94. The van der Waals surface area contributed by atoms with Crippen molar-refractivity contribution in [2.24, 2.45) is 4.99 Å². The summed E-state index contributed by atoms with van der Waals surface area (Å²) in [5, 5.41) is 11.1. The second kappa shape index (κ2) is 2.71. The standard InChI is InChI=1S/C6H8N2O3/c1-11-6(5(9)10)7-3-2-4-8-6/h2-4,7H,1H3,(H,9,10). The Hall–Kier alpha value is -1.36. The first-order valence-electron chi connectivity index (χ1n) is 2.98. The maximum Gasteiger partial charge on any atom is 0.382 e. The van der Waals surface area contributed by atoms with E-state index < -0.39 is 11.8 Å². The van der Waals surface area contributed by atoms with Crippen LogP contribution in [0.3, 0.4) is 0 Å². The minimum Gasteiger partial charge on any atom is -0.476 e. The summed E-state index contributed by atoms with van der Waals surface area (Å²) in [5.74, 6) is -2.80. The first-order chi connectivity index (χ1) is 5.21. The maximum atomic E-state index is 10.6. The Labute approximate surface area is 63.4 Å². The van der Waals surface area contributed by atoms with Gasteiger partial charge in [0.1, 0.15) is 0 Å². The Bertz CT molecular complexity index is 224. The van der Waals surface area contributed by atoms with Gasteiger partial charge in [0.25, 0.3) is 0 Å². The third kappa shape index (κ3) is 1.22. The average molecular weight is 156 g/mol. The minimum absolute atomic E-state index is 1.17. The van der Waals surface area contributed by atoms with Crippen molar-refractivity contribution in [3.05, 3.63) is 12.3 Å². The fourth-order valence-electron chi connectivity index (χ4n) is 0.705. The molecule has 0 aromatic heterocycles. The van der Waals surface area contributed by atoms with Crippen molar-refractivity contribution in [2.75, 3.05) is 7.11 Å². The van der Waals surface area contributed by atoms with E-state index in [0.29, 0.717) is 0 Å². The summed E-state index contributed by atoms with van der Waals surface area (Å²) in [6.45, 7) is 0. The lowest BCUT2D eigenvalue weighted by Crippen LogP contribution is -2.50. The van der Waals surface area contributed by atoms with Crippen LogP contribution in [0.1, 0.15) is 0 Å². The topological polar surface area (TPSA) is 70.9 Å². The van der Waals surface area contributed by atoms with Gasteiger partial charge in [0.05, 0.1) is 0 Å². The summed E-state index contributed by atoms with van der Waals surface area (Å²) < 4.78 is 4.68. The molecule has 1 aliphatic rings. The van der Waals surface area contributed by atoms with E-state index in [1.54, 1.807) is 6.08 Å². The van der Waals surface area contributed by atoms with Crippen LogP contribution in [0.25, 0.3) is 0 Å².